The maximum atomic E-state index is 12.8. The Kier molecular flexibility index (Phi) is 3.94. The van der Waals surface area contributed by atoms with Crippen LogP contribution in [0.5, 0.6) is 0 Å². The molecular formula is C15H16IN3O3. The first-order chi connectivity index (χ1) is 10.4. The number of carbonyl (C=O) groups is 3. The van der Waals surface area contributed by atoms with E-state index in [-0.39, 0.29) is 30.3 Å². The van der Waals surface area contributed by atoms with Gasteiger partial charge in [-0.3, -0.25) is 24.6 Å². The first-order valence-corrected chi connectivity index (χ1v) is 8.10. The normalized spacial score (nSPS) is 24.7. The Labute approximate surface area is 142 Å². The van der Waals surface area contributed by atoms with Gasteiger partial charge in [-0.25, -0.2) is 0 Å². The number of halogens is 1. The average Bonchev–Trinajstić information content (AvgIpc) is 2.72. The zero-order valence-corrected chi connectivity index (χ0v) is 14.5. The van der Waals surface area contributed by atoms with E-state index in [0.29, 0.717) is 12.0 Å². The van der Waals surface area contributed by atoms with E-state index in [1.807, 2.05) is 37.2 Å². The van der Waals surface area contributed by atoms with Crippen molar-refractivity contribution in [3.63, 3.8) is 0 Å². The summed E-state index contributed by atoms with van der Waals surface area (Å²) in [6, 6.07) is 5.13. The average molecular weight is 413 g/mol. The standard InChI is InChI=1S/C15H16IN3O3/c1-18(2)14-9-4-3-8(16)7-10(9)15(22)19(14)11-5-6-12(20)17-13(11)21/h3-4,7,11,14H,5-6H2,1-2H3,(H,17,20,21). The molecule has 1 aromatic rings. The maximum absolute atomic E-state index is 12.8. The fraction of sp³-hybridized carbons (Fsp3) is 0.400. The van der Waals surface area contributed by atoms with E-state index in [9.17, 15) is 14.4 Å². The van der Waals surface area contributed by atoms with Crippen LogP contribution in [0.2, 0.25) is 0 Å². The Balaban J connectivity index is 2.02. The summed E-state index contributed by atoms with van der Waals surface area (Å²) >= 11 is 2.17. The van der Waals surface area contributed by atoms with Gasteiger partial charge < -0.3 is 4.90 Å². The molecule has 2 unspecified atom stereocenters. The highest BCUT2D eigenvalue weighted by molar-refractivity contribution is 14.1. The van der Waals surface area contributed by atoms with Crippen molar-refractivity contribution in [3.8, 4) is 0 Å². The number of carbonyl (C=O) groups excluding carboxylic acids is 3. The molecule has 3 amide bonds. The van der Waals surface area contributed by atoms with Crippen LogP contribution in [0.15, 0.2) is 18.2 Å². The van der Waals surface area contributed by atoms with Gasteiger partial charge in [-0.15, -0.1) is 0 Å². The highest BCUT2D eigenvalue weighted by Gasteiger charge is 2.45. The molecule has 2 aliphatic rings. The molecular weight excluding hydrogens is 397 g/mol. The monoisotopic (exact) mass is 413 g/mol. The van der Waals surface area contributed by atoms with Gasteiger partial charge in [0.2, 0.25) is 11.8 Å². The predicted octanol–water partition coefficient (Wildman–Crippen LogP) is 1.11. The molecule has 1 N–H and O–H groups in total. The summed E-state index contributed by atoms with van der Waals surface area (Å²) < 4.78 is 0.979. The third-order valence-electron chi connectivity index (χ3n) is 4.06. The molecule has 6 nitrogen and oxygen atoms in total. The van der Waals surface area contributed by atoms with E-state index >= 15 is 0 Å². The maximum Gasteiger partial charge on any atom is 0.256 e. The lowest BCUT2D eigenvalue weighted by Crippen LogP contribution is -2.55. The van der Waals surface area contributed by atoms with Gasteiger partial charge in [0.15, 0.2) is 0 Å². The number of nitrogens with one attached hydrogen (secondary N) is 1. The SMILES string of the molecule is CN(C)C1c2ccc(I)cc2C(=O)N1C1CCC(=O)NC1=O. The number of hydrogen-bond donors (Lipinski definition) is 1. The molecule has 1 fully saturated rings. The largest absolute Gasteiger partial charge is 0.307 e. The lowest BCUT2D eigenvalue weighted by atomic mass is 10.0. The quantitative estimate of drug-likeness (QED) is 0.583. The van der Waals surface area contributed by atoms with Crippen molar-refractivity contribution in [2.75, 3.05) is 14.1 Å². The molecule has 7 heteroatoms. The van der Waals surface area contributed by atoms with Crippen molar-refractivity contribution in [2.24, 2.45) is 0 Å². The molecule has 1 saturated heterocycles. The van der Waals surface area contributed by atoms with Gasteiger partial charge in [-0.05, 0) is 55.2 Å². The minimum absolute atomic E-state index is 0.151. The van der Waals surface area contributed by atoms with Crippen molar-refractivity contribution < 1.29 is 14.4 Å². The molecule has 0 aliphatic carbocycles. The minimum Gasteiger partial charge on any atom is -0.307 e. The second kappa shape index (κ2) is 5.62. The number of rotatable bonds is 2. The second-order valence-corrected chi connectivity index (χ2v) is 6.99. The predicted molar refractivity (Wildman–Crippen MR) is 87.9 cm³/mol. The van der Waals surface area contributed by atoms with Gasteiger partial charge in [-0.2, -0.15) is 0 Å². The summed E-state index contributed by atoms with van der Waals surface area (Å²) in [5, 5.41) is 2.33. The molecule has 2 atom stereocenters. The lowest BCUT2D eigenvalue weighted by molar-refractivity contribution is -0.138. The molecule has 0 radical (unpaired) electrons. The van der Waals surface area contributed by atoms with Gasteiger partial charge in [0.25, 0.3) is 5.91 Å². The Bertz CT molecular complexity index is 674. The molecule has 0 spiro atoms. The van der Waals surface area contributed by atoms with Gasteiger partial charge >= 0.3 is 0 Å². The molecule has 22 heavy (non-hydrogen) atoms. The first-order valence-electron chi connectivity index (χ1n) is 7.02. The van der Waals surface area contributed by atoms with Crippen LogP contribution in [-0.2, 0) is 9.59 Å². The topological polar surface area (TPSA) is 69.7 Å². The number of nitrogens with zero attached hydrogens (tertiary/aromatic N) is 2. The van der Waals surface area contributed by atoms with E-state index in [2.05, 4.69) is 27.9 Å². The van der Waals surface area contributed by atoms with Gasteiger partial charge in [0, 0.05) is 21.1 Å². The van der Waals surface area contributed by atoms with Crippen molar-refractivity contribution in [2.45, 2.75) is 25.0 Å². The number of amides is 3. The van der Waals surface area contributed by atoms with Crippen LogP contribution < -0.4 is 5.32 Å². The summed E-state index contributed by atoms with van der Waals surface area (Å²) in [5.74, 6) is -0.818. The van der Waals surface area contributed by atoms with Crippen LogP contribution in [-0.4, -0.2) is 47.7 Å². The van der Waals surface area contributed by atoms with E-state index in [1.165, 1.54) is 0 Å². The Hall–Kier alpha value is -1.48. The van der Waals surface area contributed by atoms with E-state index in [0.717, 1.165) is 9.13 Å². The smallest absolute Gasteiger partial charge is 0.256 e. The summed E-state index contributed by atoms with van der Waals surface area (Å²) in [7, 11) is 3.76. The summed E-state index contributed by atoms with van der Waals surface area (Å²) in [6.45, 7) is 0. The molecule has 1 aromatic carbocycles. The van der Waals surface area contributed by atoms with Crippen LogP contribution in [0, 0.1) is 3.57 Å². The summed E-state index contributed by atoms with van der Waals surface area (Å²) in [5.41, 5.74) is 1.54. The highest BCUT2D eigenvalue weighted by atomic mass is 127. The van der Waals surface area contributed by atoms with E-state index < -0.39 is 6.04 Å². The van der Waals surface area contributed by atoms with Crippen molar-refractivity contribution in [1.82, 2.24) is 15.1 Å². The summed E-state index contributed by atoms with van der Waals surface area (Å²) in [6.07, 6.45) is 0.337. The molecule has 116 valence electrons. The van der Waals surface area contributed by atoms with Crippen LogP contribution >= 0.6 is 22.6 Å². The van der Waals surface area contributed by atoms with E-state index in [4.69, 9.17) is 0 Å². The third-order valence-corrected chi connectivity index (χ3v) is 4.73. The molecule has 2 aliphatic heterocycles. The van der Waals surface area contributed by atoms with Crippen molar-refractivity contribution in [3.05, 3.63) is 32.9 Å². The van der Waals surface area contributed by atoms with Crippen LogP contribution in [0.25, 0.3) is 0 Å². The lowest BCUT2D eigenvalue weighted by Gasteiger charge is -2.37. The molecule has 0 aromatic heterocycles. The number of benzene rings is 1. The molecule has 0 saturated carbocycles. The first kappa shape index (κ1) is 15.4. The Morgan fingerprint density at radius 3 is 2.64 bits per heavy atom. The fourth-order valence-electron chi connectivity index (χ4n) is 3.13. The zero-order valence-electron chi connectivity index (χ0n) is 12.3. The molecule has 3 rings (SSSR count). The van der Waals surface area contributed by atoms with Crippen LogP contribution in [0.3, 0.4) is 0 Å². The second-order valence-electron chi connectivity index (χ2n) is 5.75. The highest BCUT2D eigenvalue weighted by Crippen LogP contribution is 2.38. The fourth-order valence-corrected chi connectivity index (χ4v) is 3.62. The number of piperidine rings is 1. The Morgan fingerprint density at radius 1 is 1.27 bits per heavy atom. The number of fused-ring (bicyclic) bond motifs is 1. The molecule has 2 heterocycles. The number of hydrogen-bond acceptors (Lipinski definition) is 4. The van der Waals surface area contributed by atoms with Gasteiger partial charge in [0.05, 0.1) is 0 Å². The summed E-state index contributed by atoms with van der Waals surface area (Å²) in [4.78, 5) is 39.9. The Morgan fingerprint density at radius 2 is 2.00 bits per heavy atom. The van der Waals surface area contributed by atoms with Crippen molar-refractivity contribution >= 4 is 40.3 Å². The number of imide groups is 1. The van der Waals surface area contributed by atoms with Crippen LogP contribution in [0.1, 0.15) is 34.9 Å². The van der Waals surface area contributed by atoms with E-state index in [1.54, 1.807) is 4.90 Å². The van der Waals surface area contributed by atoms with Gasteiger partial charge in [-0.1, -0.05) is 6.07 Å². The minimum atomic E-state index is -0.609. The van der Waals surface area contributed by atoms with Gasteiger partial charge in [0.1, 0.15) is 12.2 Å². The third kappa shape index (κ3) is 2.41. The van der Waals surface area contributed by atoms with Crippen molar-refractivity contribution in [1.29, 1.82) is 0 Å². The molecule has 0 bridgehead atoms. The van der Waals surface area contributed by atoms with Crippen LogP contribution in [0.4, 0.5) is 0 Å². The zero-order chi connectivity index (χ0) is 16.0.